The molecule has 0 amide bonds. The number of nitrogens with two attached hydrogens (primary N) is 1. The van der Waals surface area contributed by atoms with Gasteiger partial charge in [-0.3, -0.25) is 4.79 Å². The largest absolute Gasteiger partial charge is 0.397 e. The second kappa shape index (κ2) is 6.71. The van der Waals surface area contributed by atoms with Crippen LogP contribution >= 0.6 is 11.8 Å². The molecule has 0 unspecified atom stereocenters. The van der Waals surface area contributed by atoms with Crippen molar-refractivity contribution in [1.29, 1.82) is 0 Å². The van der Waals surface area contributed by atoms with E-state index in [0.717, 1.165) is 22.6 Å². The van der Waals surface area contributed by atoms with Crippen LogP contribution in [0.2, 0.25) is 0 Å². The molecule has 0 atom stereocenters. The van der Waals surface area contributed by atoms with Crippen molar-refractivity contribution >= 4 is 23.2 Å². The molecule has 2 aromatic rings. The number of nitrogen functional groups attached to an aromatic ring is 1. The topological polar surface area (TPSA) is 68.9 Å². The SMILES string of the molecule is CCc1cnc(Sc2cccc(C(=O)C(C)(C)C)c2N)nc1C. The highest BCUT2D eigenvalue weighted by Crippen LogP contribution is 2.34. The summed E-state index contributed by atoms with van der Waals surface area (Å²) in [5, 5.41) is 0.645. The molecular weight excluding hydrogens is 306 g/mol. The van der Waals surface area contributed by atoms with Crippen molar-refractivity contribution in [3.05, 3.63) is 41.2 Å². The van der Waals surface area contributed by atoms with Gasteiger partial charge in [0.2, 0.25) is 0 Å². The Morgan fingerprint density at radius 2 is 2.00 bits per heavy atom. The molecule has 0 spiro atoms. The molecule has 4 nitrogen and oxygen atoms in total. The van der Waals surface area contributed by atoms with Gasteiger partial charge >= 0.3 is 0 Å². The van der Waals surface area contributed by atoms with Crippen LogP contribution in [0, 0.1) is 12.3 Å². The van der Waals surface area contributed by atoms with Crippen molar-refractivity contribution in [3.63, 3.8) is 0 Å². The Hall–Kier alpha value is -1.88. The van der Waals surface area contributed by atoms with E-state index < -0.39 is 5.41 Å². The monoisotopic (exact) mass is 329 g/mol. The number of hydrogen-bond acceptors (Lipinski definition) is 5. The van der Waals surface area contributed by atoms with Crippen molar-refractivity contribution in [2.45, 2.75) is 51.1 Å². The van der Waals surface area contributed by atoms with Gasteiger partial charge in [-0.1, -0.05) is 33.8 Å². The highest BCUT2D eigenvalue weighted by molar-refractivity contribution is 7.99. The minimum Gasteiger partial charge on any atom is -0.397 e. The zero-order chi connectivity index (χ0) is 17.2. The fourth-order valence-electron chi connectivity index (χ4n) is 2.20. The molecule has 0 bridgehead atoms. The second-order valence-corrected chi connectivity index (χ2v) is 7.52. The molecule has 2 rings (SSSR count). The van der Waals surface area contributed by atoms with Crippen LogP contribution in [-0.4, -0.2) is 15.8 Å². The van der Waals surface area contributed by atoms with Crippen LogP contribution in [0.15, 0.2) is 34.4 Å². The third kappa shape index (κ3) is 3.91. The highest BCUT2D eigenvalue weighted by atomic mass is 32.2. The van der Waals surface area contributed by atoms with Crippen LogP contribution in [0.3, 0.4) is 0 Å². The van der Waals surface area contributed by atoms with E-state index in [1.807, 2.05) is 46.0 Å². The first kappa shape index (κ1) is 17.5. The first-order valence-electron chi connectivity index (χ1n) is 7.67. The summed E-state index contributed by atoms with van der Waals surface area (Å²) in [4.78, 5) is 22.2. The van der Waals surface area contributed by atoms with Crippen LogP contribution in [0.5, 0.6) is 0 Å². The Bertz CT molecular complexity index is 736. The Morgan fingerprint density at radius 1 is 1.30 bits per heavy atom. The lowest BCUT2D eigenvalue weighted by Crippen LogP contribution is -2.21. The lowest BCUT2D eigenvalue weighted by molar-refractivity contribution is 0.0859. The van der Waals surface area contributed by atoms with Crippen LogP contribution in [0.4, 0.5) is 5.69 Å². The molecule has 1 heterocycles. The number of nitrogens with zero attached hydrogens (tertiary/aromatic N) is 2. The van der Waals surface area contributed by atoms with Gasteiger partial charge in [0.1, 0.15) is 0 Å². The van der Waals surface area contributed by atoms with E-state index in [-0.39, 0.29) is 5.78 Å². The zero-order valence-corrected chi connectivity index (χ0v) is 15.1. The molecule has 0 aliphatic heterocycles. The van der Waals surface area contributed by atoms with E-state index >= 15 is 0 Å². The Morgan fingerprint density at radius 3 is 2.57 bits per heavy atom. The van der Waals surface area contributed by atoms with E-state index in [0.29, 0.717) is 16.4 Å². The smallest absolute Gasteiger partial charge is 0.192 e. The standard InChI is InChI=1S/C18H23N3OS/c1-6-12-10-20-17(21-11(12)2)23-14-9-7-8-13(15(14)19)16(22)18(3,4)5/h7-10H,6,19H2,1-5H3. The van der Waals surface area contributed by atoms with Crippen molar-refractivity contribution in [2.24, 2.45) is 5.41 Å². The van der Waals surface area contributed by atoms with Crippen molar-refractivity contribution in [2.75, 3.05) is 5.73 Å². The lowest BCUT2D eigenvalue weighted by atomic mass is 9.86. The number of rotatable bonds is 4. The predicted molar refractivity (Wildman–Crippen MR) is 94.9 cm³/mol. The van der Waals surface area contributed by atoms with Crippen LogP contribution in [0.1, 0.15) is 49.3 Å². The summed E-state index contributed by atoms with van der Waals surface area (Å²) in [6.45, 7) is 9.74. The lowest BCUT2D eigenvalue weighted by Gasteiger charge is -2.19. The van der Waals surface area contributed by atoms with E-state index in [2.05, 4.69) is 16.9 Å². The van der Waals surface area contributed by atoms with E-state index in [4.69, 9.17) is 5.73 Å². The minimum absolute atomic E-state index is 0.0379. The number of aromatic nitrogens is 2. The number of para-hydroxylation sites is 1. The molecule has 23 heavy (non-hydrogen) atoms. The molecule has 0 radical (unpaired) electrons. The average molecular weight is 329 g/mol. The fraction of sp³-hybridized carbons (Fsp3) is 0.389. The Kier molecular flexibility index (Phi) is 5.09. The molecule has 0 saturated heterocycles. The minimum atomic E-state index is -0.465. The first-order valence-corrected chi connectivity index (χ1v) is 8.49. The average Bonchev–Trinajstić information content (AvgIpc) is 2.48. The quantitative estimate of drug-likeness (QED) is 0.514. The third-order valence-corrected chi connectivity index (χ3v) is 4.59. The van der Waals surface area contributed by atoms with Crippen molar-refractivity contribution in [3.8, 4) is 0 Å². The summed E-state index contributed by atoms with van der Waals surface area (Å²) in [5.41, 5.74) is 8.93. The summed E-state index contributed by atoms with van der Waals surface area (Å²) < 4.78 is 0. The molecule has 0 aliphatic carbocycles. The summed E-state index contributed by atoms with van der Waals surface area (Å²) in [6, 6.07) is 5.52. The fourth-order valence-corrected chi connectivity index (χ4v) is 3.05. The Balaban J connectivity index is 2.35. The zero-order valence-electron chi connectivity index (χ0n) is 14.3. The normalized spacial score (nSPS) is 11.5. The number of Topliss-reactive ketones (excluding diaryl/α,β-unsaturated/α-hetero) is 1. The maximum absolute atomic E-state index is 12.5. The van der Waals surface area contributed by atoms with Gasteiger partial charge in [0.05, 0.1) is 5.69 Å². The molecule has 5 heteroatoms. The van der Waals surface area contributed by atoms with E-state index in [1.54, 1.807) is 6.07 Å². The highest BCUT2D eigenvalue weighted by Gasteiger charge is 2.25. The van der Waals surface area contributed by atoms with Gasteiger partial charge in [0.25, 0.3) is 0 Å². The van der Waals surface area contributed by atoms with Gasteiger partial charge in [-0.15, -0.1) is 0 Å². The van der Waals surface area contributed by atoms with Gasteiger partial charge < -0.3 is 5.73 Å². The van der Waals surface area contributed by atoms with Gasteiger partial charge in [0, 0.05) is 27.8 Å². The number of aryl methyl sites for hydroxylation is 2. The summed E-state index contributed by atoms with van der Waals surface area (Å²) in [6.07, 6.45) is 2.76. The second-order valence-electron chi connectivity index (χ2n) is 6.52. The third-order valence-electron chi connectivity index (χ3n) is 3.63. The summed E-state index contributed by atoms with van der Waals surface area (Å²) in [7, 11) is 0. The number of anilines is 1. The number of carbonyl (C=O) groups is 1. The predicted octanol–water partition coefficient (Wildman–Crippen LogP) is 4.31. The Labute approximate surface area is 141 Å². The summed E-state index contributed by atoms with van der Waals surface area (Å²) in [5.74, 6) is 0.0379. The van der Waals surface area contributed by atoms with E-state index in [9.17, 15) is 4.79 Å². The van der Waals surface area contributed by atoms with Crippen molar-refractivity contribution < 1.29 is 4.79 Å². The first-order chi connectivity index (χ1) is 10.7. The van der Waals surface area contributed by atoms with Crippen LogP contribution in [0.25, 0.3) is 0 Å². The maximum atomic E-state index is 12.5. The molecular formula is C18H23N3OS. The van der Waals surface area contributed by atoms with Gasteiger partial charge in [0.15, 0.2) is 10.9 Å². The maximum Gasteiger partial charge on any atom is 0.192 e. The number of benzene rings is 1. The molecule has 1 aromatic heterocycles. The molecule has 0 fully saturated rings. The number of hydrogen-bond donors (Lipinski definition) is 1. The van der Waals surface area contributed by atoms with Gasteiger partial charge in [-0.25, -0.2) is 9.97 Å². The molecule has 2 N–H and O–H groups in total. The van der Waals surface area contributed by atoms with Gasteiger partial charge in [-0.2, -0.15) is 0 Å². The van der Waals surface area contributed by atoms with Crippen LogP contribution < -0.4 is 5.73 Å². The van der Waals surface area contributed by atoms with Gasteiger partial charge in [-0.05, 0) is 42.8 Å². The van der Waals surface area contributed by atoms with Crippen LogP contribution in [-0.2, 0) is 6.42 Å². The van der Waals surface area contributed by atoms with Crippen molar-refractivity contribution in [1.82, 2.24) is 9.97 Å². The number of ketones is 1. The summed E-state index contributed by atoms with van der Waals surface area (Å²) >= 11 is 1.39. The molecule has 0 aliphatic rings. The molecule has 1 aromatic carbocycles. The van der Waals surface area contributed by atoms with E-state index in [1.165, 1.54) is 11.8 Å². The number of carbonyl (C=O) groups excluding carboxylic acids is 1. The molecule has 0 saturated carbocycles. The molecule has 122 valence electrons.